The van der Waals surface area contributed by atoms with Crippen LogP contribution in [-0.2, 0) is 0 Å². The molecule has 0 saturated heterocycles. The van der Waals surface area contributed by atoms with Gasteiger partial charge in [0.05, 0.1) is 21.2 Å². The summed E-state index contributed by atoms with van der Waals surface area (Å²) in [7, 11) is 0. The molecule has 116 valence electrons. The van der Waals surface area contributed by atoms with Crippen LogP contribution in [0.3, 0.4) is 0 Å². The first-order chi connectivity index (χ1) is 9.81. The predicted molar refractivity (Wildman–Crippen MR) is 83.5 cm³/mol. The Balaban J connectivity index is 3.04. The maximum absolute atomic E-state index is 12.3. The highest BCUT2D eigenvalue weighted by atomic mass is 35.5. The van der Waals surface area contributed by atoms with E-state index < -0.39 is 10.8 Å². The molecule has 0 fully saturated rings. The molecule has 0 heterocycles. The Bertz CT molecular complexity index is 545. The molecule has 1 aromatic carbocycles. The summed E-state index contributed by atoms with van der Waals surface area (Å²) in [4.78, 5) is 22.5. The first kappa shape index (κ1) is 17.2. The summed E-state index contributed by atoms with van der Waals surface area (Å²) in [6.45, 7) is 6.01. The van der Waals surface area contributed by atoms with E-state index in [1.807, 2.05) is 6.92 Å². The molecule has 1 unspecified atom stereocenters. The monoisotopic (exact) mass is 313 g/mol. The van der Waals surface area contributed by atoms with E-state index in [0.717, 1.165) is 25.0 Å². The smallest absolute Gasteiger partial charge is 0.271 e. The van der Waals surface area contributed by atoms with Gasteiger partial charge in [-0.05, 0) is 12.8 Å². The SMILES string of the molecule is CCC(CC)C(C)NC(=O)c1cc([N+](=O)[O-])cc(Cl)c1N. The van der Waals surface area contributed by atoms with E-state index in [1.165, 1.54) is 0 Å². The molecule has 0 aliphatic carbocycles. The number of amides is 1. The highest BCUT2D eigenvalue weighted by molar-refractivity contribution is 6.34. The molecule has 0 spiro atoms. The van der Waals surface area contributed by atoms with Crippen LogP contribution >= 0.6 is 11.6 Å². The van der Waals surface area contributed by atoms with Crippen LogP contribution in [-0.4, -0.2) is 16.9 Å². The van der Waals surface area contributed by atoms with Crippen LogP contribution in [0.25, 0.3) is 0 Å². The van der Waals surface area contributed by atoms with Gasteiger partial charge in [0.25, 0.3) is 11.6 Å². The summed E-state index contributed by atoms with van der Waals surface area (Å²) >= 11 is 5.85. The van der Waals surface area contributed by atoms with E-state index in [0.29, 0.717) is 5.92 Å². The number of hydrogen-bond acceptors (Lipinski definition) is 4. The van der Waals surface area contributed by atoms with E-state index in [2.05, 4.69) is 19.2 Å². The largest absolute Gasteiger partial charge is 0.397 e. The first-order valence-corrected chi connectivity index (χ1v) is 7.23. The highest BCUT2D eigenvalue weighted by Gasteiger charge is 2.22. The van der Waals surface area contributed by atoms with Crippen molar-refractivity contribution < 1.29 is 9.72 Å². The lowest BCUT2D eigenvalue weighted by Crippen LogP contribution is -2.38. The number of nitro groups is 1. The fraction of sp³-hybridized carbons (Fsp3) is 0.500. The molecule has 1 atom stereocenters. The quantitative estimate of drug-likeness (QED) is 0.478. The van der Waals surface area contributed by atoms with Crippen molar-refractivity contribution >= 4 is 28.9 Å². The number of nitro benzene ring substituents is 1. The zero-order chi connectivity index (χ0) is 16.2. The van der Waals surface area contributed by atoms with Gasteiger partial charge in [0, 0.05) is 18.2 Å². The van der Waals surface area contributed by atoms with Gasteiger partial charge in [-0.15, -0.1) is 0 Å². The number of nitrogens with zero attached hydrogens (tertiary/aromatic N) is 1. The normalized spacial score (nSPS) is 12.2. The van der Waals surface area contributed by atoms with E-state index in [9.17, 15) is 14.9 Å². The van der Waals surface area contributed by atoms with Crippen molar-refractivity contribution in [3.8, 4) is 0 Å². The minimum absolute atomic E-state index is 0.00420. The lowest BCUT2D eigenvalue weighted by atomic mass is 9.95. The molecule has 0 bridgehead atoms. The van der Waals surface area contributed by atoms with Crippen molar-refractivity contribution in [2.45, 2.75) is 39.7 Å². The maximum Gasteiger partial charge on any atom is 0.271 e. The summed E-state index contributed by atoms with van der Waals surface area (Å²) < 4.78 is 0. The van der Waals surface area contributed by atoms with Crippen molar-refractivity contribution in [2.24, 2.45) is 5.92 Å². The Hall–Kier alpha value is -1.82. The van der Waals surface area contributed by atoms with Crippen LogP contribution in [0.4, 0.5) is 11.4 Å². The lowest BCUT2D eigenvalue weighted by Gasteiger charge is -2.22. The standard InChI is InChI=1S/C14H20ClN3O3/c1-4-9(5-2)8(3)17-14(19)11-6-10(18(20)21)7-12(15)13(11)16/h6-9H,4-5,16H2,1-3H3,(H,17,19). The van der Waals surface area contributed by atoms with Crippen LogP contribution in [0.1, 0.15) is 44.0 Å². The van der Waals surface area contributed by atoms with Crippen molar-refractivity contribution in [1.29, 1.82) is 0 Å². The Morgan fingerprint density at radius 3 is 2.48 bits per heavy atom. The number of nitrogen functional groups attached to an aromatic ring is 1. The van der Waals surface area contributed by atoms with Gasteiger partial charge in [-0.2, -0.15) is 0 Å². The molecule has 0 aliphatic heterocycles. The van der Waals surface area contributed by atoms with Gasteiger partial charge in [0.1, 0.15) is 0 Å². The molecule has 0 saturated carbocycles. The number of benzene rings is 1. The number of rotatable bonds is 6. The van der Waals surface area contributed by atoms with E-state index in [4.69, 9.17) is 17.3 Å². The third-order valence-electron chi connectivity index (χ3n) is 3.68. The number of nitrogens with one attached hydrogen (secondary N) is 1. The second kappa shape index (κ2) is 7.26. The minimum Gasteiger partial charge on any atom is -0.397 e. The summed E-state index contributed by atoms with van der Waals surface area (Å²) in [5, 5.41) is 13.7. The highest BCUT2D eigenvalue weighted by Crippen LogP contribution is 2.29. The number of hydrogen-bond donors (Lipinski definition) is 2. The first-order valence-electron chi connectivity index (χ1n) is 6.86. The van der Waals surface area contributed by atoms with Gasteiger partial charge in [0.15, 0.2) is 0 Å². The van der Waals surface area contributed by atoms with Gasteiger partial charge < -0.3 is 11.1 Å². The Kier molecular flexibility index (Phi) is 5.96. The van der Waals surface area contributed by atoms with Crippen molar-refractivity contribution in [1.82, 2.24) is 5.32 Å². The number of carbonyl (C=O) groups excluding carboxylic acids is 1. The molecule has 0 aliphatic rings. The molecule has 0 radical (unpaired) electrons. The Morgan fingerprint density at radius 2 is 2.00 bits per heavy atom. The second-order valence-corrected chi connectivity index (χ2v) is 5.39. The fourth-order valence-electron chi connectivity index (χ4n) is 2.29. The average molecular weight is 314 g/mol. The number of halogens is 1. The average Bonchev–Trinajstić information content (AvgIpc) is 2.42. The van der Waals surface area contributed by atoms with E-state index in [-0.39, 0.29) is 28.0 Å². The van der Waals surface area contributed by atoms with Crippen molar-refractivity contribution in [3.63, 3.8) is 0 Å². The molecule has 1 rings (SSSR count). The van der Waals surface area contributed by atoms with E-state index in [1.54, 1.807) is 0 Å². The number of anilines is 1. The third-order valence-corrected chi connectivity index (χ3v) is 4.00. The lowest BCUT2D eigenvalue weighted by molar-refractivity contribution is -0.384. The second-order valence-electron chi connectivity index (χ2n) is 4.98. The van der Waals surface area contributed by atoms with Gasteiger partial charge in [-0.3, -0.25) is 14.9 Å². The molecular formula is C14H20ClN3O3. The van der Waals surface area contributed by atoms with E-state index >= 15 is 0 Å². The predicted octanol–water partition coefficient (Wildman–Crippen LogP) is 3.38. The van der Waals surface area contributed by atoms with Gasteiger partial charge in [-0.1, -0.05) is 38.3 Å². The molecule has 1 aromatic rings. The molecule has 0 aromatic heterocycles. The number of carbonyl (C=O) groups is 1. The summed E-state index contributed by atoms with van der Waals surface area (Å²) in [5.41, 5.74) is 5.59. The third kappa shape index (κ3) is 4.07. The molecule has 7 heteroatoms. The van der Waals surface area contributed by atoms with Crippen LogP contribution in [0.15, 0.2) is 12.1 Å². The zero-order valence-corrected chi connectivity index (χ0v) is 13.1. The van der Waals surface area contributed by atoms with Crippen LogP contribution in [0.5, 0.6) is 0 Å². The maximum atomic E-state index is 12.3. The Morgan fingerprint density at radius 1 is 1.43 bits per heavy atom. The number of non-ortho nitro benzene ring substituents is 1. The van der Waals surface area contributed by atoms with Crippen LogP contribution in [0.2, 0.25) is 5.02 Å². The van der Waals surface area contributed by atoms with Crippen molar-refractivity contribution in [3.05, 3.63) is 32.8 Å². The summed E-state index contributed by atoms with van der Waals surface area (Å²) in [6.07, 6.45) is 1.87. The molecular weight excluding hydrogens is 294 g/mol. The fourth-order valence-corrected chi connectivity index (χ4v) is 2.51. The van der Waals surface area contributed by atoms with Gasteiger partial charge in [-0.25, -0.2) is 0 Å². The van der Waals surface area contributed by atoms with Crippen LogP contribution < -0.4 is 11.1 Å². The van der Waals surface area contributed by atoms with Gasteiger partial charge >= 0.3 is 0 Å². The summed E-state index contributed by atoms with van der Waals surface area (Å²) in [5.74, 6) is -0.109. The Labute approximate surface area is 128 Å². The zero-order valence-electron chi connectivity index (χ0n) is 12.4. The molecule has 3 N–H and O–H groups in total. The number of nitrogens with two attached hydrogens (primary N) is 1. The molecule has 21 heavy (non-hydrogen) atoms. The van der Waals surface area contributed by atoms with Gasteiger partial charge in [0.2, 0.25) is 0 Å². The molecule has 6 nitrogen and oxygen atoms in total. The minimum atomic E-state index is -0.605. The topological polar surface area (TPSA) is 98.3 Å². The van der Waals surface area contributed by atoms with Crippen LogP contribution in [0, 0.1) is 16.0 Å². The molecule has 1 amide bonds. The van der Waals surface area contributed by atoms with Crippen molar-refractivity contribution in [2.75, 3.05) is 5.73 Å². The summed E-state index contributed by atoms with van der Waals surface area (Å²) in [6, 6.07) is 2.23.